The smallest absolute Gasteiger partial charge is 0.269 e. The minimum atomic E-state index is -3.80. The van der Waals surface area contributed by atoms with Gasteiger partial charge in [-0.05, 0) is 30.2 Å². The number of amides is 1. The van der Waals surface area contributed by atoms with Crippen LogP contribution in [0.4, 0.5) is 0 Å². The van der Waals surface area contributed by atoms with Crippen molar-refractivity contribution in [2.24, 2.45) is 0 Å². The van der Waals surface area contributed by atoms with E-state index in [9.17, 15) is 13.2 Å². The summed E-state index contributed by atoms with van der Waals surface area (Å²) >= 11 is 12.4. The highest BCUT2D eigenvalue weighted by Crippen LogP contribution is 2.28. The van der Waals surface area contributed by atoms with E-state index in [-0.39, 0.29) is 18.1 Å². The van der Waals surface area contributed by atoms with Crippen molar-refractivity contribution in [2.75, 3.05) is 45.6 Å². The van der Waals surface area contributed by atoms with E-state index in [1.54, 1.807) is 48.5 Å². The number of benzene rings is 2. The zero-order valence-corrected chi connectivity index (χ0v) is 20.2. The third-order valence-electron chi connectivity index (χ3n) is 5.19. The summed E-state index contributed by atoms with van der Waals surface area (Å²) < 4.78 is 32.1. The maximum atomic E-state index is 13.4. The first-order valence-electron chi connectivity index (χ1n) is 10.3. The number of hydrogen-bond acceptors (Lipinski definition) is 5. The lowest BCUT2D eigenvalue weighted by Crippen LogP contribution is -2.50. The van der Waals surface area contributed by atoms with Crippen LogP contribution >= 0.6 is 23.2 Å². The average Bonchev–Trinajstić information content (AvgIpc) is 2.78. The van der Waals surface area contributed by atoms with Crippen molar-refractivity contribution in [2.45, 2.75) is 13.0 Å². The summed E-state index contributed by atoms with van der Waals surface area (Å²) in [6.07, 6.45) is 1.69. The Morgan fingerprint density at radius 2 is 1.75 bits per heavy atom. The molecule has 10 heteroatoms. The molecule has 0 spiro atoms. The van der Waals surface area contributed by atoms with Crippen LogP contribution in [0.3, 0.4) is 0 Å². The number of morpholine rings is 1. The Hall–Kier alpha value is -1.68. The van der Waals surface area contributed by atoms with Gasteiger partial charge >= 0.3 is 0 Å². The molecule has 1 aliphatic heterocycles. The summed E-state index contributed by atoms with van der Waals surface area (Å²) in [6, 6.07) is 13.7. The van der Waals surface area contributed by atoms with Crippen molar-refractivity contribution in [1.29, 1.82) is 0 Å². The molecule has 1 amide bonds. The first-order chi connectivity index (χ1) is 15.3. The molecule has 1 saturated heterocycles. The largest absolute Gasteiger partial charge is 0.379 e. The van der Waals surface area contributed by atoms with Gasteiger partial charge in [0, 0.05) is 31.7 Å². The van der Waals surface area contributed by atoms with Crippen molar-refractivity contribution in [1.82, 2.24) is 14.3 Å². The van der Waals surface area contributed by atoms with Crippen LogP contribution in [0.25, 0.3) is 0 Å². The highest BCUT2D eigenvalue weighted by atomic mass is 35.5. The van der Waals surface area contributed by atoms with Gasteiger partial charge in [-0.1, -0.05) is 53.5 Å². The van der Waals surface area contributed by atoms with Crippen molar-refractivity contribution in [3.63, 3.8) is 0 Å². The minimum absolute atomic E-state index is 0.103. The summed E-state index contributed by atoms with van der Waals surface area (Å²) in [5.74, 6) is -0.392. The summed E-state index contributed by atoms with van der Waals surface area (Å²) in [6.45, 7) is 3.86. The van der Waals surface area contributed by atoms with E-state index >= 15 is 0 Å². The Morgan fingerprint density at radius 1 is 1.06 bits per heavy atom. The van der Waals surface area contributed by atoms with Crippen LogP contribution in [0.15, 0.2) is 48.5 Å². The Kier molecular flexibility index (Phi) is 8.93. The van der Waals surface area contributed by atoms with Gasteiger partial charge in [0.1, 0.15) is 0 Å². The molecule has 0 atom stereocenters. The second-order valence-corrected chi connectivity index (χ2v) is 10.2. The predicted octanol–water partition coefficient (Wildman–Crippen LogP) is 3.53. The highest BCUT2D eigenvalue weighted by molar-refractivity contribution is 7.88. The number of carbonyl (C=O) groups excluding carboxylic acids is 1. The second-order valence-electron chi connectivity index (χ2n) is 7.56. The van der Waals surface area contributed by atoms with E-state index in [4.69, 9.17) is 27.9 Å². The summed E-state index contributed by atoms with van der Waals surface area (Å²) in [5, 5.41) is 1.89. The molecule has 1 heterocycles. The third kappa shape index (κ3) is 6.66. The molecular weight excluding hydrogens is 473 g/mol. The Balaban J connectivity index is 1.87. The first kappa shape index (κ1) is 25.0. The fourth-order valence-corrected chi connectivity index (χ4v) is 4.78. The normalized spacial score (nSPS) is 15.1. The number of halogens is 2. The fraction of sp³-hybridized carbons (Fsp3) is 0.409. The molecule has 2 aromatic carbocycles. The van der Waals surface area contributed by atoms with Gasteiger partial charge in [0.15, 0.2) is 0 Å². The standard InChI is InChI=1S/C22H27Cl2N3O4S/c1-32(29,30)27(17-19-9-5-10-20(23)21(19)24)26(22(28)18-7-3-2-4-8-18)12-6-11-25-13-15-31-16-14-25/h2-5,7-10H,6,11-17H2,1H3. The monoisotopic (exact) mass is 499 g/mol. The van der Waals surface area contributed by atoms with Crippen molar-refractivity contribution < 1.29 is 17.9 Å². The predicted molar refractivity (Wildman–Crippen MR) is 126 cm³/mol. The van der Waals surface area contributed by atoms with E-state index < -0.39 is 15.9 Å². The number of nitrogens with zero attached hydrogens (tertiary/aromatic N) is 3. The molecule has 3 rings (SSSR count). The Labute approximate surface area is 199 Å². The van der Waals surface area contributed by atoms with Crippen LogP contribution in [0.2, 0.25) is 10.0 Å². The number of carbonyl (C=O) groups is 1. The van der Waals surface area contributed by atoms with Crippen LogP contribution in [0.1, 0.15) is 22.3 Å². The van der Waals surface area contributed by atoms with Crippen LogP contribution in [0, 0.1) is 0 Å². The van der Waals surface area contributed by atoms with E-state index in [2.05, 4.69) is 4.90 Å². The van der Waals surface area contributed by atoms with Gasteiger partial charge in [0.2, 0.25) is 10.0 Å². The number of hydrogen-bond donors (Lipinski definition) is 0. The molecule has 0 aliphatic carbocycles. The molecule has 1 aliphatic rings. The fourth-order valence-electron chi connectivity index (χ4n) is 3.51. The Morgan fingerprint density at radius 3 is 2.41 bits per heavy atom. The molecule has 32 heavy (non-hydrogen) atoms. The van der Waals surface area contributed by atoms with Crippen molar-refractivity contribution in [3.8, 4) is 0 Å². The SMILES string of the molecule is CS(=O)(=O)N(Cc1cccc(Cl)c1Cl)N(CCCN1CCOCC1)C(=O)c1ccccc1. The van der Waals surface area contributed by atoms with Gasteiger partial charge in [0.25, 0.3) is 5.91 Å². The second kappa shape index (κ2) is 11.4. The van der Waals surface area contributed by atoms with E-state index in [1.165, 1.54) is 5.01 Å². The van der Waals surface area contributed by atoms with Gasteiger partial charge < -0.3 is 4.74 Å². The summed E-state index contributed by atoms with van der Waals surface area (Å²) in [4.78, 5) is 15.6. The zero-order chi connectivity index (χ0) is 23.1. The zero-order valence-electron chi connectivity index (χ0n) is 17.9. The lowest BCUT2D eigenvalue weighted by atomic mass is 10.2. The number of sulfonamides is 1. The molecule has 0 bridgehead atoms. The topological polar surface area (TPSA) is 70.2 Å². The van der Waals surface area contributed by atoms with Crippen LogP contribution in [-0.2, 0) is 21.3 Å². The first-order valence-corrected chi connectivity index (χ1v) is 13.0. The summed E-state index contributed by atoms with van der Waals surface area (Å²) in [5.41, 5.74) is 0.924. The van der Waals surface area contributed by atoms with E-state index in [0.717, 1.165) is 30.3 Å². The molecule has 2 aromatic rings. The number of ether oxygens (including phenoxy) is 1. The molecule has 0 N–H and O–H groups in total. The third-order valence-corrected chi connectivity index (χ3v) is 7.14. The van der Waals surface area contributed by atoms with E-state index in [1.807, 2.05) is 0 Å². The average molecular weight is 500 g/mol. The minimum Gasteiger partial charge on any atom is -0.379 e. The van der Waals surface area contributed by atoms with Crippen molar-refractivity contribution in [3.05, 3.63) is 69.7 Å². The molecule has 0 unspecified atom stereocenters. The molecule has 0 saturated carbocycles. The Bertz CT molecular complexity index is 1020. The number of hydrazine groups is 1. The van der Waals surface area contributed by atoms with Crippen molar-refractivity contribution >= 4 is 39.1 Å². The lowest BCUT2D eigenvalue weighted by Gasteiger charge is -2.34. The maximum Gasteiger partial charge on any atom is 0.269 e. The molecule has 7 nitrogen and oxygen atoms in total. The highest BCUT2D eigenvalue weighted by Gasteiger charge is 2.30. The molecule has 174 valence electrons. The van der Waals surface area contributed by atoms with Crippen LogP contribution in [0.5, 0.6) is 0 Å². The van der Waals surface area contributed by atoms with Crippen LogP contribution in [-0.4, -0.2) is 74.3 Å². The molecular formula is C22H27Cl2N3O4S. The number of rotatable bonds is 9. The molecule has 1 fully saturated rings. The van der Waals surface area contributed by atoms with E-state index in [0.29, 0.717) is 35.8 Å². The summed E-state index contributed by atoms with van der Waals surface area (Å²) in [7, 11) is -3.80. The van der Waals surface area contributed by atoms with Gasteiger partial charge in [-0.25, -0.2) is 8.42 Å². The molecule has 0 radical (unpaired) electrons. The quantitative estimate of drug-likeness (QED) is 0.493. The van der Waals surface area contributed by atoms with Gasteiger partial charge in [0.05, 0.1) is 36.1 Å². The van der Waals surface area contributed by atoms with Crippen LogP contribution < -0.4 is 0 Å². The van der Waals surface area contributed by atoms with Gasteiger partial charge in [-0.2, -0.15) is 0 Å². The van der Waals surface area contributed by atoms with Gasteiger partial charge in [-0.3, -0.25) is 14.7 Å². The maximum absolute atomic E-state index is 13.4. The lowest BCUT2D eigenvalue weighted by molar-refractivity contribution is 0.0214. The van der Waals surface area contributed by atoms with Gasteiger partial charge in [-0.15, -0.1) is 4.41 Å². The molecule has 0 aromatic heterocycles.